The monoisotopic (exact) mass is 142 g/mol. The summed E-state index contributed by atoms with van der Waals surface area (Å²) in [5, 5.41) is 0. The highest BCUT2D eigenvalue weighted by atomic mass is 19.1. The Morgan fingerprint density at radius 1 is 1.10 bits per heavy atom. The summed E-state index contributed by atoms with van der Waals surface area (Å²) in [7, 11) is 0. The molecule has 0 amide bonds. The molecule has 58 valence electrons. The smallest absolute Gasteiger partial charge is 0.0950 e. The molecule has 0 spiro atoms. The van der Waals surface area contributed by atoms with Crippen LogP contribution in [0.15, 0.2) is 0 Å². The quantitative estimate of drug-likeness (QED) is 0.528. The van der Waals surface area contributed by atoms with Gasteiger partial charge in [0.15, 0.2) is 0 Å². The summed E-state index contributed by atoms with van der Waals surface area (Å²) in [6.07, 6.45) is 7.45. The second-order valence-corrected chi connectivity index (χ2v) is 4.12. The van der Waals surface area contributed by atoms with E-state index in [1.165, 1.54) is 38.5 Å². The number of hydrogen-bond donors (Lipinski definition) is 0. The van der Waals surface area contributed by atoms with Crippen LogP contribution >= 0.6 is 0 Å². The van der Waals surface area contributed by atoms with Gasteiger partial charge in [-0.2, -0.15) is 0 Å². The van der Waals surface area contributed by atoms with Crippen LogP contribution in [0.5, 0.6) is 0 Å². The van der Waals surface area contributed by atoms with E-state index in [2.05, 4.69) is 0 Å². The molecule has 0 N–H and O–H groups in total. The predicted octanol–water partition coefficient (Wildman–Crippen LogP) is 2.93. The third kappa shape index (κ3) is 0.869. The average molecular weight is 142 g/mol. The number of fused-ring (bicyclic) bond motifs is 3. The van der Waals surface area contributed by atoms with Crippen molar-refractivity contribution in [2.75, 3.05) is 6.67 Å². The van der Waals surface area contributed by atoms with Crippen LogP contribution in [0.25, 0.3) is 0 Å². The van der Waals surface area contributed by atoms with Gasteiger partial charge in [-0.25, -0.2) is 0 Å². The van der Waals surface area contributed by atoms with Gasteiger partial charge in [-0.3, -0.25) is 4.39 Å². The fraction of sp³-hybridized carbons (Fsp3) is 1.00. The van der Waals surface area contributed by atoms with Gasteiger partial charge in [0.25, 0.3) is 0 Å². The van der Waals surface area contributed by atoms with E-state index in [1.54, 1.807) is 0 Å². The molecule has 3 rings (SSSR count). The maximum absolute atomic E-state index is 12.6. The van der Waals surface area contributed by atoms with E-state index in [-0.39, 0.29) is 12.1 Å². The van der Waals surface area contributed by atoms with Crippen LogP contribution in [-0.4, -0.2) is 6.67 Å². The van der Waals surface area contributed by atoms with E-state index in [0.29, 0.717) is 0 Å². The molecular weight excluding hydrogens is 127 g/mol. The van der Waals surface area contributed by atoms with Crippen LogP contribution in [0.2, 0.25) is 0 Å². The Morgan fingerprint density at radius 2 is 1.60 bits per heavy atom. The van der Waals surface area contributed by atoms with Crippen molar-refractivity contribution in [3.63, 3.8) is 0 Å². The van der Waals surface area contributed by atoms with Crippen LogP contribution < -0.4 is 0 Å². The maximum atomic E-state index is 12.6. The van der Waals surface area contributed by atoms with Crippen molar-refractivity contribution in [3.8, 4) is 0 Å². The lowest BCUT2D eigenvalue weighted by molar-refractivity contribution is 0.0405. The molecule has 2 bridgehead atoms. The van der Waals surface area contributed by atoms with E-state index >= 15 is 0 Å². The van der Waals surface area contributed by atoms with Crippen LogP contribution in [0.1, 0.15) is 38.5 Å². The van der Waals surface area contributed by atoms with Crippen molar-refractivity contribution >= 4 is 0 Å². The zero-order valence-corrected chi connectivity index (χ0v) is 6.41. The van der Waals surface area contributed by atoms with E-state index in [9.17, 15) is 4.39 Å². The molecular formula is C9H15F. The van der Waals surface area contributed by atoms with Gasteiger partial charge in [0.2, 0.25) is 0 Å². The summed E-state index contributed by atoms with van der Waals surface area (Å²) in [6.45, 7) is -0.0558. The molecule has 3 aliphatic rings. The molecule has 1 heteroatoms. The SMILES string of the molecule is FCC12CCC(CC1)CC2. The summed E-state index contributed by atoms with van der Waals surface area (Å²) in [4.78, 5) is 0. The third-order valence-electron chi connectivity index (χ3n) is 3.53. The lowest BCUT2D eigenvalue weighted by Gasteiger charge is -2.44. The Morgan fingerprint density at radius 3 is 1.90 bits per heavy atom. The first-order valence-electron chi connectivity index (χ1n) is 4.41. The second-order valence-electron chi connectivity index (χ2n) is 4.12. The maximum Gasteiger partial charge on any atom is 0.0950 e. The zero-order chi connectivity index (χ0) is 7.03. The van der Waals surface area contributed by atoms with Crippen molar-refractivity contribution in [2.24, 2.45) is 11.3 Å². The molecule has 0 nitrogen and oxygen atoms in total. The zero-order valence-electron chi connectivity index (χ0n) is 6.41. The highest BCUT2D eigenvalue weighted by molar-refractivity contribution is 4.91. The molecule has 0 aliphatic heterocycles. The summed E-state index contributed by atoms with van der Waals surface area (Å²) < 4.78 is 12.6. The molecule has 10 heavy (non-hydrogen) atoms. The Balaban J connectivity index is 2.08. The Kier molecular flexibility index (Phi) is 1.47. The first kappa shape index (κ1) is 6.63. The summed E-state index contributed by atoms with van der Waals surface area (Å²) in [5.74, 6) is 0.966. The summed E-state index contributed by atoms with van der Waals surface area (Å²) in [5.41, 5.74) is 0.161. The molecule has 0 unspecified atom stereocenters. The van der Waals surface area contributed by atoms with E-state index in [0.717, 1.165) is 5.92 Å². The van der Waals surface area contributed by atoms with Gasteiger partial charge in [-0.1, -0.05) is 0 Å². The van der Waals surface area contributed by atoms with Crippen LogP contribution in [0, 0.1) is 11.3 Å². The van der Waals surface area contributed by atoms with Gasteiger partial charge in [0.05, 0.1) is 6.67 Å². The Hall–Kier alpha value is -0.0700. The molecule has 3 saturated carbocycles. The molecule has 0 heterocycles. The van der Waals surface area contributed by atoms with Gasteiger partial charge in [-0.15, -0.1) is 0 Å². The van der Waals surface area contributed by atoms with Gasteiger partial charge in [-0.05, 0) is 49.9 Å². The Labute approximate surface area is 61.8 Å². The van der Waals surface area contributed by atoms with Crippen LogP contribution in [0.3, 0.4) is 0 Å². The van der Waals surface area contributed by atoms with Crippen molar-refractivity contribution in [1.82, 2.24) is 0 Å². The van der Waals surface area contributed by atoms with Gasteiger partial charge >= 0.3 is 0 Å². The minimum Gasteiger partial charge on any atom is -0.250 e. The Bertz CT molecular complexity index is 109. The fourth-order valence-electron chi connectivity index (χ4n) is 2.54. The van der Waals surface area contributed by atoms with Crippen molar-refractivity contribution in [1.29, 1.82) is 0 Å². The van der Waals surface area contributed by atoms with Gasteiger partial charge in [0.1, 0.15) is 0 Å². The first-order chi connectivity index (χ1) is 4.85. The average Bonchev–Trinajstić information content (AvgIpc) is 2.08. The van der Waals surface area contributed by atoms with Gasteiger partial charge < -0.3 is 0 Å². The molecule has 0 radical (unpaired) electrons. The number of halogens is 1. The molecule has 3 fully saturated rings. The minimum atomic E-state index is -0.0558. The third-order valence-corrected chi connectivity index (χ3v) is 3.53. The number of rotatable bonds is 1. The lowest BCUT2D eigenvalue weighted by Crippen LogP contribution is -2.35. The minimum absolute atomic E-state index is 0.0558. The van der Waals surface area contributed by atoms with Gasteiger partial charge in [0, 0.05) is 0 Å². The van der Waals surface area contributed by atoms with Crippen molar-refractivity contribution in [2.45, 2.75) is 38.5 Å². The number of alkyl halides is 1. The standard InChI is InChI=1S/C9H15F/c10-7-9-4-1-8(2-5-9)3-6-9/h8H,1-7H2. The fourth-order valence-corrected chi connectivity index (χ4v) is 2.54. The highest BCUT2D eigenvalue weighted by Crippen LogP contribution is 2.50. The largest absolute Gasteiger partial charge is 0.250 e. The molecule has 0 saturated heterocycles. The molecule has 0 aromatic heterocycles. The van der Waals surface area contributed by atoms with Crippen LogP contribution in [0.4, 0.5) is 4.39 Å². The van der Waals surface area contributed by atoms with E-state index in [4.69, 9.17) is 0 Å². The summed E-state index contributed by atoms with van der Waals surface area (Å²) in [6, 6.07) is 0. The van der Waals surface area contributed by atoms with Crippen molar-refractivity contribution < 1.29 is 4.39 Å². The van der Waals surface area contributed by atoms with Crippen LogP contribution in [-0.2, 0) is 0 Å². The van der Waals surface area contributed by atoms with E-state index < -0.39 is 0 Å². The van der Waals surface area contributed by atoms with E-state index in [1.807, 2.05) is 0 Å². The second kappa shape index (κ2) is 2.21. The molecule has 0 aromatic rings. The van der Waals surface area contributed by atoms with Crippen molar-refractivity contribution in [3.05, 3.63) is 0 Å². The summed E-state index contributed by atoms with van der Waals surface area (Å²) >= 11 is 0. The highest BCUT2D eigenvalue weighted by Gasteiger charge is 2.40. The molecule has 0 atom stereocenters. The topological polar surface area (TPSA) is 0 Å². The molecule has 0 aromatic carbocycles. The predicted molar refractivity (Wildman–Crippen MR) is 39.6 cm³/mol. The first-order valence-corrected chi connectivity index (χ1v) is 4.41. The molecule has 3 aliphatic carbocycles. The normalized spacial score (nSPS) is 45.9. The lowest BCUT2D eigenvalue weighted by atomic mass is 9.61. The number of hydrogen-bond acceptors (Lipinski definition) is 0.